The summed E-state index contributed by atoms with van der Waals surface area (Å²) in [6.45, 7) is 3.83. The van der Waals surface area contributed by atoms with Gasteiger partial charge in [0.1, 0.15) is 0 Å². The number of nitrogens with two attached hydrogens (primary N) is 1. The molecule has 6 heteroatoms. The fourth-order valence-corrected chi connectivity index (χ4v) is 2.82. The minimum Gasteiger partial charge on any atom is -0.366 e. The summed E-state index contributed by atoms with van der Waals surface area (Å²) in [4.78, 5) is 27.1. The Bertz CT molecular complexity index is 528. The lowest BCUT2D eigenvalue weighted by atomic mass is 10.1. The number of fused-ring (bicyclic) bond motifs is 1. The molecule has 0 aliphatic carbocycles. The number of rotatable bonds is 3. The second-order valence-corrected chi connectivity index (χ2v) is 5.28. The molecule has 1 atom stereocenters. The molecular formula is C14H18N4O2. The van der Waals surface area contributed by atoms with E-state index in [2.05, 4.69) is 5.32 Å². The van der Waals surface area contributed by atoms with Crippen LogP contribution in [0.5, 0.6) is 0 Å². The highest BCUT2D eigenvalue weighted by molar-refractivity contribution is 5.92. The van der Waals surface area contributed by atoms with Crippen molar-refractivity contribution in [1.29, 1.82) is 0 Å². The molecule has 0 bridgehead atoms. The van der Waals surface area contributed by atoms with Gasteiger partial charge in [0.05, 0.1) is 6.04 Å². The van der Waals surface area contributed by atoms with E-state index < -0.39 is 5.91 Å². The molecule has 2 fully saturated rings. The summed E-state index contributed by atoms with van der Waals surface area (Å²) < 4.78 is 0. The molecule has 106 valence electrons. The number of hydrogen-bond acceptors (Lipinski definition) is 3. The summed E-state index contributed by atoms with van der Waals surface area (Å²) in [7, 11) is 0. The van der Waals surface area contributed by atoms with Crippen LogP contribution in [0.1, 0.15) is 15.9 Å². The van der Waals surface area contributed by atoms with E-state index in [0.717, 1.165) is 31.7 Å². The molecule has 1 unspecified atom stereocenters. The highest BCUT2D eigenvalue weighted by atomic mass is 16.2. The van der Waals surface area contributed by atoms with E-state index >= 15 is 0 Å². The number of benzene rings is 1. The van der Waals surface area contributed by atoms with Gasteiger partial charge >= 0.3 is 6.03 Å². The summed E-state index contributed by atoms with van der Waals surface area (Å²) in [5.74, 6) is -0.433. The van der Waals surface area contributed by atoms with Crippen LogP contribution in [0, 0.1) is 0 Å². The zero-order chi connectivity index (χ0) is 14.1. The van der Waals surface area contributed by atoms with E-state index in [1.165, 1.54) is 0 Å². The first-order valence-corrected chi connectivity index (χ1v) is 6.80. The van der Waals surface area contributed by atoms with Gasteiger partial charge in [0.25, 0.3) is 0 Å². The molecule has 1 aromatic rings. The number of piperazine rings is 1. The molecule has 3 amide bonds. The lowest BCUT2D eigenvalue weighted by Crippen LogP contribution is -2.49. The third kappa shape index (κ3) is 2.34. The smallest absolute Gasteiger partial charge is 0.320 e. The van der Waals surface area contributed by atoms with Gasteiger partial charge in [-0.3, -0.25) is 4.79 Å². The van der Waals surface area contributed by atoms with Crippen LogP contribution in [0.15, 0.2) is 24.3 Å². The third-order valence-electron chi connectivity index (χ3n) is 3.91. The maximum Gasteiger partial charge on any atom is 0.320 e. The first-order valence-electron chi connectivity index (χ1n) is 6.80. The average molecular weight is 274 g/mol. The Hall–Kier alpha value is -2.08. The molecule has 3 N–H and O–H groups in total. The van der Waals surface area contributed by atoms with Gasteiger partial charge in [0, 0.05) is 38.3 Å². The molecule has 0 spiro atoms. The Morgan fingerprint density at radius 2 is 2.10 bits per heavy atom. The Labute approximate surface area is 117 Å². The van der Waals surface area contributed by atoms with Crippen LogP contribution in [-0.2, 0) is 6.54 Å². The molecular weight excluding hydrogens is 256 g/mol. The lowest BCUT2D eigenvalue weighted by Gasteiger charge is -2.28. The maximum absolute atomic E-state index is 12.3. The molecule has 2 aliphatic rings. The summed E-state index contributed by atoms with van der Waals surface area (Å²) in [6, 6.07) is 7.49. The number of carbonyl (C=O) groups is 2. The number of carbonyl (C=O) groups excluding carboxylic acids is 2. The number of amides is 3. The van der Waals surface area contributed by atoms with Crippen LogP contribution >= 0.6 is 0 Å². The van der Waals surface area contributed by atoms with Crippen molar-refractivity contribution in [2.45, 2.75) is 12.6 Å². The largest absolute Gasteiger partial charge is 0.366 e. The van der Waals surface area contributed by atoms with Gasteiger partial charge in [0.15, 0.2) is 0 Å². The predicted octanol–water partition coefficient (Wildman–Crippen LogP) is -0.00510. The van der Waals surface area contributed by atoms with Crippen LogP contribution in [0.25, 0.3) is 0 Å². The van der Waals surface area contributed by atoms with Crippen molar-refractivity contribution < 1.29 is 9.59 Å². The average Bonchev–Trinajstić information content (AvgIpc) is 2.77. The number of nitrogens with zero attached hydrogens (tertiary/aromatic N) is 2. The second-order valence-electron chi connectivity index (χ2n) is 5.28. The van der Waals surface area contributed by atoms with Gasteiger partial charge < -0.3 is 20.9 Å². The van der Waals surface area contributed by atoms with Crippen LogP contribution in [0.2, 0.25) is 0 Å². The molecule has 3 rings (SSSR count). The van der Waals surface area contributed by atoms with Gasteiger partial charge in [-0.15, -0.1) is 0 Å². The number of urea groups is 1. The van der Waals surface area contributed by atoms with Gasteiger partial charge in [-0.25, -0.2) is 4.79 Å². The topological polar surface area (TPSA) is 78.7 Å². The molecule has 0 aromatic heterocycles. The highest BCUT2D eigenvalue weighted by Gasteiger charge is 2.38. The Morgan fingerprint density at radius 3 is 2.75 bits per heavy atom. The van der Waals surface area contributed by atoms with E-state index in [0.29, 0.717) is 12.1 Å². The SMILES string of the molecule is NC(=O)c1ccc(CN2CC3CNCCN3C2=O)cc1. The highest BCUT2D eigenvalue weighted by Crippen LogP contribution is 2.19. The Kier molecular flexibility index (Phi) is 3.31. The second kappa shape index (κ2) is 5.13. The maximum atomic E-state index is 12.3. The molecule has 6 nitrogen and oxygen atoms in total. The monoisotopic (exact) mass is 274 g/mol. The van der Waals surface area contributed by atoms with E-state index in [-0.39, 0.29) is 12.1 Å². The van der Waals surface area contributed by atoms with Crippen molar-refractivity contribution in [2.75, 3.05) is 26.2 Å². The predicted molar refractivity (Wildman–Crippen MR) is 74.1 cm³/mol. The van der Waals surface area contributed by atoms with Crippen molar-refractivity contribution in [3.8, 4) is 0 Å². The van der Waals surface area contributed by atoms with E-state index in [1.54, 1.807) is 12.1 Å². The number of primary amides is 1. The van der Waals surface area contributed by atoms with Crippen LogP contribution in [0.3, 0.4) is 0 Å². The molecule has 2 aliphatic heterocycles. The quantitative estimate of drug-likeness (QED) is 0.814. The number of nitrogens with one attached hydrogen (secondary N) is 1. The first-order chi connectivity index (χ1) is 9.65. The van der Waals surface area contributed by atoms with E-state index in [1.807, 2.05) is 21.9 Å². The van der Waals surface area contributed by atoms with Crippen LogP contribution in [0.4, 0.5) is 4.79 Å². The fraction of sp³-hybridized carbons (Fsp3) is 0.429. The molecule has 2 heterocycles. The van der Waals surface area contributed by atoms with Crippen molar-refractivity contribution in [3.63, 3.8) is 0 Å². The first kappa shape index (κ1) is 12.9. The minimum absolute atomic E-state index is 0.107. The van der Waals surface area contributed by atoms with Crippen molar-refractivity contribution >= 4 is 11.9 Å². The van der Waals surface area contributed by atoms with Gasteiger partial charge in [-0.05, 0) is 17.7 Å². The molecule has 0 radical (unpaired) electrons. The Balaban J connectivity index is 1.68. The zero-order valence-electron chi connectivity index (χ0n) is 11.2. The number of hydrogen-bond donors (Lipinski definition) is 2. The minimum atomic E-state index is -0.433. The van der Waals surface area contributed by atoms with Gasteiger partial charge in [-0.2, -0.15) is 0 Å². The molecule has 1 aromatic carbocycles. The fourth-order valence-electron chi connectivity index (χ4n) is 2.82. The summed E-state index contributed by atoms with van der Waals surface area (Å²) >= 11 is 0. The van der Waals surface area contributed by atoms with Crippen LogP contribution in [-0.4, -0.2) is 54.0 Å². The van der Waals surface area contributed by atoms with Gasteiger partial charge in [0.2, 0.25) is 5.91 Å². The molecule has 20 heavy (non-hydrogen) atoms. The van der Waals surface area contributed by atoms with Crippen LogP contribution < -0.4 is 11.1 Å². The Morgan fingerprint density at radius 1 is 1.35 bits per heavy atom. The molecule has 2 saturated heterocycles. The van der Waals surface area contributed by atoms with E-state index in [4.69, 9.17) is 5.73 Å². The zero-order valence-corrected chi connectivity index (χ0v) is 11.2. The van der Waals surface area contributed by atoms with E-state index in [9.17, 15) is 9.59 Å². The summed E-state index contributed by atoms with van der Waals surface area (Å²) in [5.41, 5.74) is 6.71. The summed E-state index contributed by atoms with van der Waals surface area (Å²) in [5, 5.41) is 3.31. The third-order valence-corrected chi connectivity index (χ3v) is 3.91. The normalized spacial score (nSPS) is 22.0. The molecule has 0 saturated carbocycles. The summed E-state index contributed by atoms with van der Waals surface area (Å²) in [6.07, 6.45) is 0. The van der Waals surface area contributed by atoms with Gasteiger partial charge in [-0.1, -0.05) is 12.1 Å². The lowest BCUT2D eigenvalue weighted by molar-refractivity contribution is 0.1000. The van der Waals surface area contributed by atoms with Crippen molar-refractivity contribution in [1.82, 2.24) is 15.1 Å². The standard InChI is InChI=1S/C14H18N4O2/c15-13(19)11-3-1-10(2-4-11)8-17-9-12-7-16-5-6-18(12)14(17)20/h1-4,12,16H,5-9H2,(H2,15,19). The van der Waals surface area contributed by atoms with Crippen molar-refractivity contribution in [3.05, 3.63) is 35.4 Å². The van der Waals surface area contributed by atoms with Crippen molar-refractivity contribution in [2.24, 2.45) is 5.73 Å².